The lowest BCUT2D eigenvalue weighted by Gasteiger charge is -2.36. The number of hydrogen-bond acceptors (Lipinski definition) is 6. The molecule has 25 heavy (non-hydrogen) atoms. The van der Waals surface area contributed by atoms with E-state index in [0.29, 0.717) is 36.2 Å². The Morgan fingerprint density at radius 2 is 2.12 bits per heavy atom. The lowest BCUT2D eigenvalue weighted by molar-refractivity contribution is -0.145. The molecule has 0 N–H and O–H groups in total. The van der Waals surface area contributed by atoms with Crippen molar-refractivity contribution in [1.82, 2.24) is 15.0 Å². The van der Waals surface area contributed by atoms with Crippen LogP contribution in [0.4, 0.5) is 0 Å². The summed E-state index contributed by atoms with van der Waals surface area (Å²) < 4.78 is 17.0. The maximum absolute atomic E-state index is 13.1. The molecule has 0 bridgehead atoms. The monoisotopic (exact) mass is 343 g/mol. The number of para-hydroxylation sites is 2. The molecule has 1 saturated heterocycles. The van der Waals surface area contributed by atoms with Gasteiger partial charge in [-0.05, 0) is 31.4 Å². The van der Waals surface area contributed by atoms with Crippen LogP contribution in [0.2, 0.25) is 0 Å². The van der Waals surface area contributed by atoms with Crippen LogP contribution in [0, 0.1) is 0 Å². The van der Waals surface area contributed by atoms with Gasteiger partial charge in [-0.25, -0.2) is 0 Å². The van der Waals surface area contributed by atoms with E-state index in [1.54, 1.807) is 4.90 Å². The molecular weight excluding hydrogens is 322 g/mol. The number of aryl methyl sites for hydroxylation is 1. The van der Waals surface area contributed by atoms with Crippen LogP contribution in [0.3, 0.4) is 0 Å². The molecule has 4 rings (SSSR count). The highest BCUT2D eigenvalue weighted by molar-refractivity contribution is 5.82. The number of nitrogens with zero attached hydrogens (tertiary/aromatic N) is 3. The zero-order valence-electron chi connectivity index (χ0n) is 14.2. The summed E-state index contributed by atoms with van der Waals surface area (Å²) >= 11 is 0. The van der Waals surface area contributed by atoms with Gasteiger partial charge in [0.05, 0.1) is 0 Å². The summed E-state index contributed by atoms with van der Waals surface area (Å²) in [4.78, 5) is 19.3. The van der Waals surface area contributed by atoms with Crippen molar-refractivity contribution in [2.24, 2.45) is 0 Å². The third-order valence-electron chi connectivity index (χ3n) is 4.65. The Bertz CT molecular complexity index is 760. The summed E-state index contributed by atoms with van der Waals surface area (Å²) in [6, 6.07) is 7.21. The maximum Gasteiger partial charge on any atom is 0.267 e. The van der Waals surface area contributed by atoms with Crippen LogP contribution in [0.25, 0.3) is 0 Å². The zero-order chi connectivity index (χ0) is 17.2. The lowest BCUT2D eigenvalue weighted by atomic mass is 10.0. The van der Waals surface area contributed by atoms with Gasteiger partial charge in [0.1, 0.15) is 12.6 Å². The van der Waals surface area contributed by atoms with Gasteiger partial charge >= 0.3 is 0 Å². The van der Waals surface area contributed by atoms with Crippen molar-refractivity contribution in [3.8, 4) is 11.5 Å². The Balaban J connectivity index is 1.53. The van der Waals surface area contributed by atoms with Gasteiger partial charge < -0.3 is 18.9 Å². The number of amides is 1. The molecule has 2 aromatic rings. The fraction of sp³-hybridized carbons (Fsp3) is 0.500. The first-order chi connectivity index (χ1) is 12.3. The number of aromatic nitrogens is 2. The summed E-state index contributed by atoms with van der Waals surface area (Å²) in [5, 5.41) is 3.97. The van der Waals surface area contributed by atoms with Gasteiger partial charge in [-0.15, -0.1) is 0 Å². The summed E-state index contributed by atoms with van der Waals surface area (Å²) in [5.41, 5.74) is 0. The van der Waals surface area contributed by atoms with E-state index in [9.17, 15) is 4.79 Å². The molecular formula is C18H21N3O4. The summed E-state index contributed by atoms with van der Waals surface area (Å²) in [7, 11) is 0. The van der Waals surface area contributed by atoms with Crippen LogP contribution in [0.5, 0.6) is 11.5 Å². The Kier molecular flexibility index (Phi) is 4.29. The molecule has 1 amide bonds. The number of rotatable bonds is 3. The normalized spacial score (nSPS) is 22.7. The molecule has 132 valence electrons. The fourth-order valence-corrected chi connectivity index (χ4v) is 3.32. The van der Waals surface area contributed by atoms with Crippen LogP contribution >= 0.6 is 0 Å². The van der Waals surface area contributed by atoms with Crippen molar-refractivity contribution in [3.63, 3.8) is 0 Å². The topological polar surface area (TPSA) is 77.7 Å². The Morgan fingerprint density at radius 1 is 1.28 bits per heavy atom. The molecule has 2 aliphatic rings. The Hall–Kier alpha value is -2.57. The van der Waals surface area contributed by atoms with E-state index in [4.69, 9.17) is 14.0 Å². The molecule has 0 unspecified atom stereocenters. The van der Waals surface area contributed by atoms with E-state index in [1.807, 2.05) is 31.2 Å². The molecule has 3 heterocycles. The van der Waals surface area contributed by atoms with Crippen molar-refractivity contribution in [1.29, 1.82) is 0 Å². The molecule has 2 atom stereocenters. The average Bonchev–Trinajstić information content (AvgIpc) is 3.16. The summed E-state index contributed by atoms with van der Waals surface area (Å²) in [5.74, 6) is 2.37. The second kappa shape index (κ2) is 6.74. The molecule has 0 radical (unpaired) electrons. The average molecular weight is 343 g/mol. The highest BCUT2D eigenvalue weighted by atomic mass is 16.6. The quantitative estimate of drug-likeness (QED) is 0.852. The molecule has 0 spiro atoms. The van der Waals surface area contributed by atoms with Gasteiger partial charge in [-0.3, -0.25) is 4.79 Å². The highest BCUT2D eigenvalue weighted by Crippen LogP contribution is 2.34. The standard InChI is InChI=1S/C18H21N3O4/c1-2-16-19-17(25-20-16)12-7-5-6-10-21(12)18(22)15-11-23-13-8-3-4-9-14(13)24-15/h3-4,8-9,12,15H,2,5-7,10-11H2,1H3/t12-,15-/m0/s1. The third-order valence-corrected chi connectivity index (χ3v) is 4.65. The van der Waals surface area contributed by atoms with Crippen molar-refractivity contribution in [3.05, 3.63) is 36.0 Å². The van der Waals surface area contributed by atoms with Crippen molar-refractivity contribution >= 4 is 5.91 Å². The third kappa shape index (κ3) is 3.06. The van der Waals surface area contributed by atoms with Gasteiger partial charge in [-0.1, -0.05) is 24.2 Å². The molecule has 2 aliphatic heterocycles. The largest absolute Gasteiger partial charge is 0.485 e. The number of carbonyl (C=O) groups excluding carboxylic acids is 1. The number of likely N-dealkylation sites (tertiary alicyclic amines) is 1. The number of fused-ring (bicyclic) bond motifs is 1. The van der Waals surface area contributed by atoms with Crippen molar-refractivity contribution < 1.29 is 18.8 Å². The first-order valence-corrected chi connectivity index (χ1v) is 8.77. The molecule has 0 saturated carbocycles. The highest BCUT2D eigenvalue weighted by Gasteiger charge is 2.38. The van der Waals surface area contributed by atoms with E-state index in [2.05, 4.69) is 10.1 Å². The minimum atomic E-state index is -0.649. The van der Waals surface area contributed by atoms with Gasteiger partial charge in [0.25, 0.3) is 5.91 Å². The summed E-state index contributed by atoms with van der Waals surface area (Å²) in [6.07, 6.45) is 2.87. The van der Waals surface area contributed by atoms with E-state index < -0.39 is 6.10 Å². The number of ether oxygens (including phenoxy) is 2. The van der Waals surface area contributed by atoms with Crippen molar-refractivity contribution in [2.75, 3.05) is 13.2 Å². The predicted molar refractivity (Wildman–Crippen MR) is 88.3 cm³/mol. The van der Waals surface area contributed by atoms with Gasteiger partial charge in [0, 0.05) is 13.0 Å². The van der Waals surface area contributed by atoms with Crippen LogP contribution in [0.15, 0.2) is 28.8 Å². The molecule has 7 heteroatoms. The zero-order valence-corrected chi connectivity index (χ0v) is 14.2. The smallest absolute Gasteiger partial charge is 0.267 e. The first kappa shape index (κ1) is 15.9. The van der Waals surface area contributed by atoms with Crippen molar-refractivity contribution in [2.45, 2.75) is 44.8 Å². The molecule has 0 aliphatic carbocycles. The Morgan fingerprint density at radius 3 is 2.92 bits per heavy atom. The second-order valence-electron chi connectivity index (χ2n) is 6.31. The SMILES string of the molecule is CCc1noc([C@@H]2CCCCN2C(=O)[C@@H]2COc3ccccc3O2)n1. The predicted octanol–water partition coefficient (Wildman–Crippen LogP) is 2.53. The van der Waals surface area contributed by atoms with E-state index >= 15 is 0 Å². The fourth-order valence-electron chi connectivity index (χ4n) is 3.32. The minimum absolute atomic E-state index is 0.0875. The first-order valence-electron chi connectivity index (χ1n) is 8.77. The summed E-state index contributed by atoms with van der Waals surface area (Å²) in [6.45, 7) is 2.85. The Labute approximate surface area is 145 Å². The number of hydrogen-bond donors (Lipinski definition) is 0. The lowest BCUT2D eigenvalue weighted by Crippen LogP contribution is -2.49. The van der Waals surface area contributed by atoms with Crippen LogP contribution in [-0.4, -0.2) is 40.2 Å². The van der Waals surface area contributed by atoms with Gasteiger partial charge in [0.15, 0.2) is 17.3 Å². The molecule has 1 aromatic carbocycles. The molecule has 7 nitrogen and oxygen atoms in total. The van der Waals surface area contributed by atoms with E-state index in [0.717, 1.165) is 19.3 Å². The maximum atomic E-state index is 13.1. The number of benzene rings is 1. The second-order valence-corrected chi connectivity index (χ2v) is 6.31. The van der Waals surface area contributed by atoms with E-state index in [1.165, 1.54) is 0 Å². The minimum Gasteiger partial charge on any atom is -0.485 e. The molecule has 1 fully saturated rings. The van der Waals surface area contributed by atoms with Gasteiger partial charge in [0.2, 0.25) is 12.0 Å². The van der Waals surface area contributed by atoms with Crippen LogP contribution in [-0.2, 0) is 11.2 Å². The van der Waals surface area contributed by atoms with Crippen LogP contribution < -0.4 is 9.47 Å². The number of piperidine rings is 1. The van der Waals surface area contributed by atoms with Crippen LogP contribution in [0.1, 0.15) is 43.9 Å². The van der Waals surface area contributed by atoms with E-state index in [-0.39, 0.29) is 18.6 Å². The van der Waals surface area contributed by atoms with Gasteiger partial charge in [-0.2, -0.15) is 4.98 Å². The molecule has 1 aromatic heterocycles. The number of carbonyl (C=O) groups is 1.